The van der Waals surface area contributed by atoms with Crippen LogP contribution < -0.4 is 15.8 Å². The van der Waals surface area contributed by atoms with E-state index in [0.29, 0.717) is 50.1 Å². The van der Waals surface area contributed by atoms with E-state index in [0.717, 1.165) is 17.0 Å². The fourth-order valence-corrected chi connectivity index (χ4v) is 3.78. The summed E-state index contributed by atoms with van der Waals surface area (Å²) in [5, 5.41) is 3.38. The third-order valence-corrected chi connectivity index (χ3v) is 5.38. The van der Waals surface area contributed by atoms with E-state index in [1.807, 2.05) is 25.1 Å². The van der Waals surface area contributed by atoms with E-state index in [-0.39, 0.29) is 5.95 Å². The number of nitrogens with two attached hydrogens (primary N) is 1. The van der Waals surface area contributed by atoms with Crippen LogP contribution in [-0.2, 0) is 10.2 Å². The van der Waals surface area contributed by atoms with Crippen LogP contribution >= 0.6 is 0 Å². The Balaban J connectivity index is 1.60. The van der Waals surface area contributed by atoms with Gasteiger partial charge in [0.2, 0.25) is 11.8 Å². The molecule has 1 aliphatic heterocycles. The number of hydrogen-bond acceptors (Lipinski definition) is 9. The van der Waals surface area contributed by atoms with E-state index < -0.39 is 5.41 Å². The van der Waals surface area contributed by atoms with E-state index in [1.165, 1.54) is 0 Å². The number of hydrogen-bond donors (Lipinski definition) is 2. The van der Waals surface area contributed by atoms with Gasteiger partial charge in [-0.05, 0) is 38.0 Å². The summed E-state index contributed by atoms with van der Waals surface area (Å²) >= 11 is 0. The second-order valence-electron chi connectivity index (χ2n) is 7.28. The summed E-state index contributed by atoms with van der Waals surface area (Å²) in [6.45, 7) is 7.54. The second-order valence-corrected chi connectivity index (χ2v) is 7.28. The van der Waals surface area contributed by atoms with E-state index >= 15 is 0 Å². The van der Waals surface area contributed by atoms with Gasteiger partial charge < -0.3 is 20.5 Å². The number of pyridine rings is 1. The Morgan fingerprint density at radius 3 is 2.72 bits per heavy atom. The minimum Gasteiger partial charge on any atom is -0.477 e. The SMILES string of the molecule is C=C=C(Nc1ccc(-c2cncc(OCC)n2)cn1)C1(c2ccnc(N)n2)CCOCC1. The Labute approximate surface area is 186 Å². The zero-order valence-corrected chi connectivity index (χ0v) is 17.9. The predicted molar refractivity (Wildman–Crippen MR) is 121 cm³/mol. The number of nitrogen functional groups attached to an aromatic ring is 1. The maximum atomic E-state index is 5.87. The number of nitrogens with zero attached hydrogens (tertiary/aromatic N) is 5. The van der Waals surface area contributed by atoms with Crippen LogP contribution in [0.25, 0.3) is 11.3 Å². The molecule has 3 aromatic heterocycles. The van der Waals surface area contributed by atoms with Crippen molar-refractivity contribution in [2.24, 2.45) is 0 Å². The number of nitrogens with one attached hydrogen (secondary N) is 1. The molecule has 9 heteroatoms. The highest BCUT2D eigenvalue weighted by atomic mass is 16.5. The molecule has 0 bridgehead atoms. The van der Waals surface area contributed by atoms with Gasteiger partial charge in [-0.1, -0.05) is 6.58 Å². The van der Waals surface area contributed by atoms with Gasteiger partial charge in [-0.3, -0.25) is 4.98 Å². The van der Waals surface area contributed by atoms with Crippen LogP contribution in [0.5, 0.6) is 5.88 Å². The maximum Gasteiger partial charge on any atom is 0.232 e. The molecule has 4 rings (SSSR count). The maximum absolute atomic E-state index is 5.87. The lowest BCUT2D eigenvalue weighted by Gasteiger charge is -2.38. The number of anilines is 2. The van der Waals surface area contributed by atoms with Crippen molar-refractivity contribution in [1.82, 2.24) is 24.9 Å². The second kappa shape index (κ2) is 9.55. The molecular formula is C23H25N7O2. The van der Waals surface area contributed by atoms with Gasteiger partial charge in [0.15, 0.2) is 0 Å². The van der Waals surface area contributed by atoms with Gasteiger partial charge in [0, 0.05) is 31.2 Å². The van der Waals surface area contributed by atoms with Crippen LogP contribution in [-0.4, -0.2) is 44.7 Å². The molecule has 164 valence electrons. The highest BCUT2D eigenvalue weighted by molar-refractivity contribution is 5.60. The normalized spacial score (nSPS) is 14.9. The number of aromatic nitrogens is 5. The molecule has 32 heavy (non-hydrogen) atoms. The first-order chi connectivity index (χ1) is 15.6. The van der Waals surface area contributed by atoms with Gasteiger partial charge in [0.25, 0.3) is 0 Å². The number of ether oxygens (including phenoxy) is 2. The molecule has 4 heterocycles. The van der Waals surface area contributed by atoms with Crippen LogP contribution in [0.1, 0.15) is 25.5 Å². The average molecular weight is 432 g/mol. The van der Waals surface area contributed by atoms with Crippen LogP contribution in [0.2, 0.25) is 0 Å². The highest BCUT2D eigenvalue weighted by Gasteiger charge is 2.40. The molecule has 1 fully saturated rings. The summed E-state index contributed by atoms with van der Waals surface area (Å²) in [4.78, 5) is 21.7. The molecule has 9 nitrogen and oxygen atoms in total. The molecule has 0 aromatic carbocycles. The fraction of sp³-hybridized carbons (Fsp3) is 0.304. The van der Waals surface area contributed by atoms with E-state index in [4.69, 9.17) is 15.2 Å². The van der Waals surface area contributed by atoms with Crippen LogP contribution in [0.15, 0.2) is 61.0 Å². The lowest BCUT2D eigenvalue weighted by molar-refractivity contribution is 0.0610. The molecule has 0 spiro atoms. The summed E-state index contributed by atoms with van der Waals surface area (Å²) < 4.78 is 11.0. The molecule has 0 unspecified atom stereocenters. The highest BCUT2D eigenvalue weighted by Crippen LogP contribution is 2.40. The van der Waals surface area contributed by atoms with Gasteiger partial charge in [-0.2, -0.15) is 0 Å². The Morgan fingerprint density at radius 1 is 1.19 bits per heavy atom. The number of allylic oxidation sites excluding steroid dienone is 1. The zero-order valence-electron chi connectivity index (χ0n) is 17.9. The summed E-state index contributed by atoms with van der Waals surface area (Å²) in [6.07, 6.45) is 8.10. The molecule has 0 atom stereocenters. The van der Waals surface area contributed by atoms with Crippen LogP contribution in [0, 0.1) is 0 Å². The summed E-state index contributed by atoms with van der Waals surface area (Å²) in [6, 6.07) is 5.68. The van der Waals surface area contributed by atoms with E-state index in [1.54, 1.807) is 24.8 Å². The minimum atomic E-state index is -0.464. The first kappa shape index (κ1) is 21.4. The van der Waals surface area contributed by atoms with Crippen molar-refractivity contribution in [2.75, 3.05) is 30.9 Å². The smallest absolute Gasteiger partial charge is 0.232 e. The van der Waals surface area contributed by atoms with Crippen molar-refractivity contribution < 1.29 is 9.47 Å². The minimum absolute atomic E-state index is 0.231. The van der Waals surface area contributed by atoms with Gasteiger partial charge >= 0.3 is 0 Å². The van der Waals surface area contributed by atoms with Crippen LogP contribution in [0.3, 0.4) is 0 Å². The summed E-state index contributed by atoms with van der Waals surface area (Å²) in [5.41, 5.74) is 11.6. The first-order valence-corrected chi connectivity index (χ1v) is 10.4. The van der Waals surface area contributed by atoms with Crippen LogP contribution in [0.4, 0.5) is 11.8 Å². The van der Waals surface area contributed by atoms with Crippen molar-refractivity contribution in [3.8, 4) is 17.1 Å². The predicted octanol–water partition coefficient (Wildman–Crippen LogP) is 3.14. The Bertz CT molecular complexity index is 1120. The van der Waals surface area contributed by atoms with E-state index in [2.05, 4.69) is 42.5 Å². The third-order valence-electron chi connectivity index (χ3n) is 5.38. The zero-order chi connectivity index (χ0) is 22.4. The fourth-order valence-electron chi connectivity index (χ4n) is 3.78. The van der Waals surface area contributed by atoms with Gasteiger partial charge in [-0.15, -0.1) is 5.73 Å². The Morgan fingerprint density at radius 2 is 2.03 bits per heavy atom. The van der Waals surface area contributed by atoms with Crippen molar-refractivity contribution in [2.45, 2.75) is 25.2 Å². The molecule has 3 aromatic rings. The lowest BCUT2D eigenvalue weighted by atomic mass is 9.74. The lowest BCUT2D eigenvalue weighted by Crippen LogP contribution is -2.39. The summed E-state index contributed by atoms with van der Waals surface area (Å²) in [5.74, 6) is 1.37. The molecule has 1 saturated heterocycles. The van der Waals surface area contributed by atoms with Crippen molar-refractivity contribution in [3.63, 3.8) is 0 Å². The molecule has 3 N–H and O–H groups in total. The molecule has 0 aliphatic carbocycles. The van der Waals surface area contributed by atoms with Gasteiger partial charge in [0.05, 0.1) is 41.5 Å². The quantitative estimate of drug-likeness (QED) is 0.543. The molecule has 0 saturated carbocycles. The van der Waals surface area contributed by atoms with E-state index in [9.17, 15) is 0 Å². The first-order valence-electron chi connectivity index (χ1n) is 10.4. The topological polar surface area (TPSA) is 121 Å². The third kappa shape index (κ3) is 4.44. The largest absolute Gasteiger partial charge is 0.477 e. The van der Waals surface area contributed by atoms with Crippen molar-refractivity contribution in [3.05, 3.63) is 66.7 Å². The molecule has 0 amide bonds. The standard InChI is InChI=1S/C23H25N7O2/c1-3-18(23(8-11-31-12-9-23)19-7-10-26-22(24)30-19)29-20-6-5-16(13-27-20)17-14-25-15-21(28-17)32-4-2/h5-7,10,13-15H,1,4,8-9,11-12H2,2H3,(H,27,29)(H2,24,26,30). The number of rotatable bonds is 7. The molecule has 1 aliphatic rings. The monoisotopic (exact) mass is 431 g/mol. The van der Waals surface area contributed by atoms with Gasteiger partial charge in [0.1, 0.15) is 5.82 Å². The van der Waals surface area contributed by atoms with Gasteiger partial charge in [-0.25, -0.2) is 19.9 Å². The summed E-state index contributed by atoms with van der Waals surface area (Å²) in [7, 11) is 0. The Hall–Kier alpha value is -3.81. The van der Waals surface area contributed by atoms with Crippen molar-refractivity contribution >= 4 is 11.8 Å². The average Bonchev–Trinajstić information content (AvgIpc) is 2.84. The molecular weight excluding hydrogens is 406 g/mol. The van der Waals surface area contributed by atoms with Crippen molar-refractivity contribution in [1.29, 1.82) is 0 Å². The molecule has 0 radical (unpaired) electrons. The Kier molecular flexibility index (Phi) is 6.39.